The Labute approximate surface area is 200 Å². The van der Waals surface area contributed by atoms with Crippen LogP contribution < -0.4 is 14.8 Å². The predicted octanol–water partition coefficient (Wildman–Crippen LogP) is 3.69. The number of amides is 1. The van der Waals surface area contributed by atoms with E-state index < -0.39 is 11.4 Å². The number of hydrogen-bond acceptors (Lipinski definition) is 8. The third kappa shape index (κ3) is 4.26. The molecule has 2 aliphatic heterocycles. The molecule has 2 saturated heterocycles. The highest BCUT2D eigenvalue weighted by Crippen LogP contribution is 2.36. The van der Waals surface area contributed by atoms with E-state index in [2.05, 4.69) is 20.2 Å². The molecule has 5 rings (SSSR count). The summed E-state index contributed by atoms with van der Waals surface area (Å²) >= 11 is 5.90. The molecule has 0 bridgehead atoms. The van der Waals surface area contributed by atoms with Crippen molar-refractivity contribution in [3.8, 4) is 11.5 Å². The van der Waals surface area contributed by atoms with Gasteiger partial charge in [-0.05, 0) is 24.3 Å². The summed E-state index contributed by atoms with van der Waals surface area (Å²) in [4.78, 5) is 24.1. The van der Waals surface area contributed by atoms with Gasteiger partial charge in [-0.3, -0.25) is 4.90 Å². The molecule has 2 aliphatic rings. The Kier molecular flexibility index (Phi) is 5.78. The van der Waals surface area contributed by atoms with Crippen LogP contribution in [0.4, 0.5) is 20.7 Å². The van der Waals surface area contributed by atoms with E-state index in [-0.39, 0.29) is 11.1 Å². The van der Waals surface area contributed by atoms with Gasteiger partial charge in [0.15, 0.2) is 17.1 Å². The van der Waals surface area contributed by atoms with Crippen molar-refractivity contribution in [2.45, 2.75) is 5.60 Å². The zero-order valence-corrected chi connectivity index (χ0v) is 19.4. The monoisotopic (exact) mass is 487 g/mol. The summed E-state index contributed by atoms with van der Waals surface area (Å²) < 4.78 is 30.5. The molecule has 2 fully saturated rings. The number of likely N-dealkylation sites (tertiary alicyclic amines) is 1. The van der Waals surface area contributed by atoms with E-state index in [0.29, 0.717) is 66.7 Å². The average molecular weight is 488 g/mol. The number of fused-ring (bicyclic) bond motifs is 1. The molecule has 1 aromatic heterocycles. The van der Waals surface area contributed by atoms with Gasteiger partial charge in [-0.2, -0.15) is 0 Å². The van der Waals surface area contributed by atoms with Crippen LogP contribution in [0.2, 0.25) is 5.02 Å². The van der Waals surface area contributed by atoms with Gasteiger partial charge < -0.3 is 24.4 Å². The molecule has 34 heavy (non-hydrogen) atoms. The smallest absolute Gasteiger partial charge is 0.410 e. The standard InChI is InChI=1S/C23H23ClFN5O4/c1-29-10-23(34-22(29)31)11-30(12-23)5-6-33-20-8-15-18(9-19(20)32-2)26-13-27-21(15)28-14-3-4-17(25)16(24)7-14/h3-4,7-9,13H,5-6,10-12H2,1-2H3,(H,26,27,28). The number of likely N-dealkylation sites (N-methyl/N-ethyl adjacent to an activating group) is 1. The maximum atomic E-state index is 13.5. The number of anilines is 2. The number of nitrogens with one attached hydrogen (secondary N) is 1. The van der Waals surface area contributed by atoms with Crippen LogP contribution in [0.5, 0.6) is 11.5 Å². The lowest BCUT2D eigenvalue weighted by Crippen LogP contribution is -2.64. The predicted molar refractivity (Wildman–Crippen MR) is 125 cm³/mol. The number of hydrogen-bond donors (Lipinski definition) is 1. The first kappa shape index (κ1) is 22.4. The number of nitrogens with zero attached hydrogens (tertiary/aromatic N) is 4. The number of ether oxygens (including phenoxy) is 3. The van der Waals surface area contributed by atoms with Gasteiger partial charge in [-0.15, -0.1) is 0 Å². The van der Waals surface area contributed by atoms with Crippen molar-refractivity contribution in [3.63, 3.8) is 0 Å². The number of benzene rings is 2. The summed E-state index contributed by atoms with van der Waals surface area (Å²) in [7, 11) is 3.31. The molecule has 0 saturated carbocycles. The number of carbonyl (C=O) groups excluding carboxylic acids is 1. The molecule has 178 valence electrons. The minimum atomic E-state index is -0.494. The highest BCUT2D eigenvalue weighted by Gasteiger charge is 2.52. The van der Waals surface area contributed by atoms with Crippen molar-refractivity contribution in [1.82, 2.24) is 19.8 Å². The lowest BCUT2D eigenvalue weighted by molar-refractivity contribution is -0.0763. The minimum absolute atomic E-state index is 0.0147. The van der Waals surface area contributed by atoms with Gasteiger partial charge in [0.1, 0.15) is 24.6 Å². The first-order valence-electron chi connectivity index (χ1n) is 10.7. The molecule has 11 heteroatoms. The Morgan fingerprint density at radius 3 is 2.74 bits per heavy atom. The normalized spacial score (nSPS) is 17.1. The fourth-order valence-corrected chi connectivity index (χ4v) is 4.50. The summed E-state index contributed by atoms with van der Waals surface area (Å²) in [6, 6.07) is 7.95. The molecule has 0 atom stereocenters. The number of rotatable bonds is 7. The van der Waals surface area contributed by atoms with E-state index in [0.717, 1.165) is 0 Å². The molecule has 0 radical (unpaired) electrons. The minimum Gasteiger partial charge on any atom is -0.493 e. The van der Waals surface area contributed by atoms with E-state index in [1.165, 1.54) is 18.5 Å². The third-order valence-corrected chi connectivity index (χ3v) is 6.22. The maximum Gasteiger partial charge on any atom is 0.410 e. The van der Waals surface area contributed by atoms with Gasteiger partial charge in [-0.25, -0.2) is 19.2 Å². The number of aromatic nitrogens is 2. The van der Waals surface area contributed by atoms with Crippen molar-refractivity contribution in [2.24, 2.45) is 0 Å². The van der Waals surface area contributed by atoms with Gasteiger partial charge in [0.05, 0.1) is 24.2 Å². The Morgan fingerprint density at radius 2 is 2.03 bits per heavy atom. The van der Waals surface area contributed by atoms with Crippen LogP contribution in [0.1, 0.15) is 0 Å². The Bertz CT molecular complexity index is 1250. The van der Waals surface area contributed by atoms with E-state index in [1.807, 2.05) is 6.07 Å². The Balaban J connectivity index is 1.29. The van der Waals surface area contributed by atoms with Crippen molar-refractivity contribution in [2.75, 3.05) is 52.3 Å². The van der Waals surface area contributed by atoms with Gasteiger partial charge in [0.2, 0.25) is 0 Å². The van der Waals surface area contributed by atoms with E-state index in [1.54, 1.807) is 31.2 Å². The van der Waals surface area contributed by atoms with Crippen LogP contribution in [0.15, 0.2) is 36.7 Å². The van der Waals surface area contributed by atoms with Gasteiger partial charge >= 0.3 is 6.09 Å². The molecule has 1 amide bonds. The molecular formula is C23H23ClFN5O4. The molecule has 2 aromatic carbocycles. The van der Waals surface area contributed by atoms with Gasteiger partial charge in [-0.1, -0.05) is 11.6 Å². The molecule has 1 N–H and O–H groups in total. The van der Waals surface area contributed by atoms with Crippen molar-refractivity contribution in [1.29, 1.82) is 0 Å². The SMILES string of the molecule is COc1cc2ncnc(Nc3ccc(F)c(Cl)c3)c2cc1OCCN1CC2(C1)CN(C)C(=O)O2. The molecule has 9 nitrogen and oxygen atoms in total. The Hall–Kier alpha value is -3.37. The lowest BCUT2D eigenvalue weighted by Gasteiger charge is -2.45. The fraction of sp³-hybridized carbons (Fsp3) is 0.348. The number of methoxy groups -OCH3 is 1. The van der Waals surface area contributed by atoms with Crippen LogP contribution in [-0.4, -0.2) is 78.4 Å². The van der Waals surface area contributed by atoms with E-state index in [9.17, 15) is 9.18 Å². The molecule has 1 spiro atoms. The summed E-state index contributed by atoms with van der Waals surface area (Å²) in [5.74, 6) is 1.13. The lowest BCUT2D eigenvalue weighted by atomic mass is 9.94. The zero-order valence-electron chi connectivity index (χ0n) is 18.7. The zero-order chi connectivity index (χ0) is 23.9. The second-order valence-corrected chi connectivity index (χ2v) is 8.87. The number of halogens is 2. The molecule has 3 aromatic rings. The molecular weight excluding hydrogens is 465 g/mol. The maximum absolute atomic E-state index is 13.5. The molecule has 3 heterocycles. The number of carbonyl (C=O) groups is 1. The molecule has 0 aliphatic carbocycles. The van der Waals surface area contributed by atoms with Crippen LogP contribution in [-0.2, 0) is 4.74 Å². The fourth-order valence-electron chi connectivity index (χ4n) is 4.31. The second-order valence-electron chi connectivity index (χ2n) is 8.46. The quantitative estimate of drug-likeness (QED) is 0.540. The van der Waals surface area contributed by atoms with Crippen molar-refractivity contribution < 1.29 is 23.4 Å². The Morgan fingerprint density at radius 1 is 1.21 bits per heavy atom. The van der Waals surface area contributed by atoms with Crippen molar-refractivity contribution >= 4 is 40.1 Å². The highest BCUT2D eigenvalue weighted by molar-refractivity contribution is 6.31. The van der Waals surface area contributed by atoms with Crippen LogP contribution in [0.25, 0.3) is 10.9 Å². The van der Waals surface area contributed by atoms with Crippen LogP contribution >= 0.6 is 11.6 Å². The average Bonchev–Trinajstić information content (AvgIpc) is 3.10. The topological polar surface area (TPSA) is 89.1 Å². The van der Waals surface area contributed by atoms with Crippen molar-refractivity contribution in [3.05, 3.63) is 47.5 Å². The first-order chi connectivity index (χ1) is 16.4. The van der Waals surface area contributed by atoms with Crippen LogP contribution in [0.3, 0.4) is 0 Å². The van der Waals surface area contributed by atoms with Gasteiger partial charge in [0.25, 0.3) is 0 Å². The van der Waals surface area contributed by atoms with Crippen LogP contribution in [0, 0.1) is 5.82 Å². The summed E-state index contributed by atoms with van der Waals surface area (Å²) in [5.41, 5.74) is 0.856. The van der Waals surface area contributed by atoms with Gasteiger partial charge in [0, 0.05) is 43.8 Å². The molecule has 0 unspecified atom stereocenters. The highest BCUT2D eigenvalue weighted by atomic mass is 35.5. The summed E-state index contributed by atoms with van der Waals surface area (Å²) in [5, 5.41) is 3.88. The summed E-state index contributed by atoms with van der Waals surface area (Å²) in [6.07, 6.45) is 1.16. The largest absolute Gasteiger partial charge is 0.493 e. The third-order valence-electron chi connectivity index (χ3n) is 5.93. The first-order valence-corrected chi connectivity index (χ1v) is 11.1. The second kappa shape index (κ2) is 8.77. The summed E-state index contributed by atoms with van der Waals surface area (Å²) in [6.45, 7) is 3.07. The van der Waals surface area contributed by atoms with E-state index in [4.69, 9.17) is 25.8 Å². The van der Waals surface area contributed by atoms with E-state index >= 15 is 0 Å².